The van der Waals surface area contributed by atoms with Crippen LogP contribution in [0.4, 0.5) is 0 Å². The third-order valence-electron chi connectivity index (χ3n) is 16.9. The molecule has 0 saturated heterocycles. The first-order chi connectivity index (χ1) is 38.9. The fourth-order valence-electron chi connectivity index (χ4n) is 13.0. The Bertz CT molecular complexity index is 4970. The highest BCUT2D eigenvalue weighted by Crippen LogP contribution is 2.50. The fraction of sp³-hybridized carbons (Fsp3) is 0.0400. The number of aromatic nitrogens is 4. The smallest absolute Gasteiger partial charge is 0.160 e. The van der Waals surface area contributed by atoms with Gasteiger partial charge in [0.2, 0.25) is 0 Å². The van der Waals surface area contributed by atoms with Crippen molar-refractivity contribution in [3.8, 4) is 78.5 Å². The van der Waals surface area contributed by atoms with E-state index in [0.717, 1.165) is 72.3 Å². The molecule has 1 aliphatic carbocycles. The van der Waals surface area contributed by atoms with Crippen LogP contribution >= 0.6 is 0 Å². The van der Waals surface area contributed by atoms with Crippen molar-refractivity contribution in [2.24, 2.45) is 0 Å². The summed E-state index contributed by atoms with van der Waals surface area (Å²) in [6.07, 6.45) is 0. The number of fused-ring (bicyclic) bond motifs is 12. The Morgan fingerprint density at radius 1 is 0.304 bits per heavy atom. The first-order valence-corrected chi connectivity index (χ1v) is 27.3. The summed E-state index contributed by atoms with van der Waals surface area (Å²) in [4.78, 5) is 11.0. The topological polar surface area (TPSA) is 35.6 Å². The molecule has 0 bridgehead atoms. The molecule has 4 nitrogen and oxygen atoms in total. The van der Waals surface area contributed by atoms with Crippen LogP contribution in [0.5, 0.6) is 0 Å². The zero-order valence-electron chi connectivity index (χ0n) is 43.7. The number of hydrogen-bond donors (Lipinski definition) is 0. The highest BCUT2D eigenvalue weighted by molar-refractivity contribution is 6.15. The minimum Gasteiger partial charge on any atom is -0.309 e. The normalized spacial score (nSPS) is 12.8. The number of para-hydroxylation sites is 1. The molecule has 0 radical (unpaired) electrons. The second-order valence-corrected chi connectivity index (χ2v) is 21.7. The van der Waals surface area contributed by atoms with Crippen LogP contribution in [-0.4, -0.2) is 19.1 Å². The molecule has 3 aromatic heterocycles. The molecule has 0 amide bonds. The maximum atomic E-state index is 5.61. The monoisotopic (exact) mass is 1010 g/mol. The van der Waals surface area contributed by atoms with Gasteiger partial charge in [0, 0.05) is 54.8 Å². The summed E-state index contributed by atoms with van der Waals surface area (Å²) in [7, 11) is 0. The minimum atomic E-state index is -0.151. The van der Waals surface area contributed by atoms with Gasteiger partial charge in [-0.25, -0.2) is 9.97 Å². The number of rotatable bonds is 7. The second-order valence-electron chi connectivity index (χ2n) is 21.7. The summed E-state index contributed by atoms with van der Waals surface area (Å²) in [6.45, 7) is 4.66. The number of hydrogen-bond acceptors (Lipinski definition) is 2. The van der Waals surface area contributed by atoms with Crippen molar-refractivity contribution in [2.75, 3.05) is 0 Å². The number of nitrogens with zero attached hydrogens (tertiary/aromatic N) is 4. The van der Waals surface area contributed by atoms with Crippen LogP contribution < -0.4 is 0 Å². The zero-order chi connectivity index (χ0) is 52.3. The molecule has 79 heavy (non-hydrogen) atoms. The van der Waals surface area contributed by atoms with Gasteiger partial charge in [-0.05, 0) is 151 Å². The van der Waals surface area contributed by atoms with E-state index in [-0.39, 0.29) is 5.41 Å². The average Bonchev–Trinajstić information content (AvgIpc) is 4.29. The molecule has 3 heterocycles. The largest absolute Gasteiger partial charge is 0.309 e. The van der Waals surface area contributed by atoms with Crippen LogP contribution in [0.25, 0.3) is 144 Å². The standard InChI is InChI=1S/C75H50N4/c1-75(2)65-28-15-14-27-59(65)60-35-29-55(46-66(60)75)74-76-67-36-30-49-21-12-13-26-58(49)72(67)73(77-74)54-22-16-25-57(41-54)79-70-38-32-51(48-19-8-4-9-20-48)43-62(70)64-45-53(34-40-71(64)79)52-33-39-69-63(44-52)61-42-50(47-17-6-3-7-18-47)31-37-68(61)78(69)56-23-10-5-11-24-56/h3-46H,1-2H3. The Balaban J connectivity index is 0.880. The molecule has 16 rings (SSSR count). The van der Waals surface area contributed by atoms with E-state index in [2.05, 4.69) is 290 Å². The van der Waals surface area contributed by atoms with E-state index in [1.54, 1.807) is 0 Å². The predicted molar refractivity (Wildman–Crippen MR) is 330 cm³/mol. The fourth-order valence-corrected chi connectivity index (χ4v) is 13.0. The lowest BCUT2D eigenvalue weighted by Crippen LogP contribution is -2.15. The van der Waals surface area contributed by atoms with Gasteiger partial charge in [0.15, 0.2) is 5.82 Å². The molecule has 0 unspecified atom stereocenters. The maximum Gasteiger partial charge on any atom is 0.160 e. The first-order valence-electron chi connectivity index (χ1n) is 27.3. The van der Waals surface area contributed by atoms with Crippen molar-refractivity contribution >= 4 is 65.3 Å². The van der Waals surface area contributed by atoms with Crippen molar-refractivity contribution in [1.29, 1.82) is 0 Å². The van der Waals surface area contributed by atoms with Gasteiger partial charge >= 0.3 is 0 Å². The van der Waals surface area contributed by atoms with E-state index >= 15 is 0 Å². The molecule has 4 heteroatoms. The van der Waals surface area contributed by atoms with Crippen LogP contribution in [0.3, 0.4) is 0 Å². The molecule has 12 aromatic carbocycles. The minimum absolute atomic E-state index is 0.151. The van der Waals surface area contributed by atoms with E-state index < -0.39 is 0 Å². The van der Waals surface area contributed by atoms with Gasteiger partial charge in [-0.2, -0.15) is 0 Å². The van der Waals surface area contributed by atoms with Crippen molar-refractivity contribution in [3.05, 3.63) is 278 Å². The van der Waals surface area contributed by atoms with Crippen LogP contribution in [0.15, 0.2) is 267 Å². The van der Waals surface area contributed by atoms with Crippen LogP contribution in [0, 0.1) is 0 Å². The van der Waals surface area contributed by atoms with E-state index in [0.29, 0.717) is 0 Å². The molecule has 0 aliphatic heterocycles. The van der Waals surface area contributed by atoms with Gasteiger partial charge in [0.1, 0.15) is 0 Å². The first kappa shape index (κ1) is 45.1. The number of benzene rings is 12. The van der Waals surface area contributed by atoms with Crippen molar-refractivity contribution < 1.29 is 0 Å². The molecule has 0 fully saturated rings. The Kier molecular flexibility index (Phi) is 9.95. The van der Waals surface area contributed by atoms with Gasteiger partial charge in [-0.1, -0.05) is 196 Å². The molecule has 0 saturated carbocycles. The average molecular weight is 1010 g/mol. The van der Waals surface area contributed by atoms with Crippen LogP contribution in [0.2, 0.25) is 0 Å². The van der Waals surface area contributed by atoms with Gasteiger partial charge in [0.05, 0.1) is 33.3 Å². The van der Waals surface area contributed by atoms with E-state index in [4.69, 9.17) is 9.97 Å². The molecule has 0 spiro atoms. The zero-order valence-corrected chi connectivity index (χ0v) is 43.7. The SMILES string of the molecule is CC1(C)c2ccccc2-c2ccc(-c3nc(-c4cccc(-n5c6ccc(-c7ccccc7)cc6c6cc(-c7ccc8c(c7)c7cc(-c9ccccc9)ccc7n8-c7ccccc7)ccc65)c4)c4c(ccc5ccccc54)n3)cc21. The lowest BCUT2D eigenvalue weighted by Gasteiger charge is -2.22. The Hall–Kier alpha value is -10.2. The molecule has 0 N–H and O–H groups in total. The summed E-state index contributed by atoms with van der Waals surface area (Å²) in [5.41, 5.74) is 22.9. The molecule has 15 aromatic rings. The third kappa shape index (κ3) is 7.08. The van der Waals surface area contributed by atoms with Crippen LogP contribution in [-0.2, 0) is 5.41 Å². The van der Waals surface area contributed by atoms with Gasteiger partial charge in [-0.3, -0.25) is 0 Å². The Morgan fingerprint density at radius 3 is 1.41 bits per heavy atom. The van der Waals surface area contributed by atoms with Crippen molar-refractivity contribution in [1.82, 2.24) is 19.1 Å². The molecular formula is C75H50N4. The van der Waals surface area contributed by atoms with E-state index in [9.17, 15) is 0 Å². The summed E-state index contributed by atoms with van der Waals surface area (Å²) in [6, 6.07) is 97.6. The quantitative estimate of drug-likeness (QED) is 0.149. The summed E-state index contributed by atoms with van der Waals surface area (Å²) in [5.74, 6) is 0.718. The van der Waals surface area contributed by atoms with Gasteiger partial charge in [0.25, 0.3) is 0 Å². The summed E-state index contributed by atoms with van der Waals surface area (Å²) in [5, 5.41) is 8.18. The van der Waals surface area contributed by atoms with Gasteiger partial charge in [-0.15, -0.1) is 0 Å². The third-order valence-corrected chi connectivity index (χ3v) is 16.9. The summed E-state index contributed by atoms with van der Waals surface area (Å²) >= 11 is 0. The second kappa shape index (κ2) is 17.4. The summed E-state index contributed by atoms with van der Waals surface area (Å²) < 4.78 is 4.84. The lowest BCUT2D eigenvalue weighted by molar-refractivity contribution is 0.660. The Morgan fingerprint density at radius 2 is 0.785 bits per heavy atom. The Labute approximate surface area is 457 Å². The highest BCUT2D eigenvalue weighted by atomic mass is 15.0. The van der Waals surface area contributed by atoms with E-state index in [1.807, 2.05) is 0 Å². The lowest BCUT2D eigenvalue weighted by atomic mass is 9.82. The molecule has 1 aliphatic rings. The molecule has 0 atom stereocenters. The predicted octanol–water partition coefficient (Wildman–Crippen LogP) is 19.6. The maximum absolute atomic E-state index is 5.61. The van der Waals surface area contributed by atoms with Crippen molar-refractivity contribution in [2.45, 2.75) is 19.3 Å². The van der Waals surface area contributed by atoms with Gasteiger partial charge < -0.3 is 9.13 Å². The van der Waals surface area contributed by atoms with Crippen molar-refractivity contribution in [3.63, 3.8) is 0 Å². The highest BCUT2D eigenvalue weighted by Gasteiger charge is 2.35. The van der Waals surface area contributed by atoms with Crippen LogP contribution in [0.1, 0.15) is 25.0 Å². The molecule has 370 valence electrons. The van der Waals surface area contributed by atoms with E-state index in [1.165, 1.54) is 82.6 Å². The molecular weight excluding hydrogens is 957 g/mol.